The van der Waals surface area contributed by atoms with Crippen LogP contribution in [0.3, 0.4) is 0 Å². The van der Waals surface area contributed by atoms with Gasteiger partial charge in [-0.05, 0) is 42.1 Å². The van der Waals surface area contributed by atoms with Crippen LogP contribution in [0.25, 0.3) is 0 Å². The average Bonchev–Trinajstić information content (AvgIpc) is 2.88. The largest absolute Gasteiger partial charge is 0.457 e. The van der Waals surface area contributed by atoms with Crippen LogP contribution in [0.15, 0.2) is 12.2 Å². The first kappa shape index (κ1) is 20.9. The minimum absolute atomic E-state index is 0.0411. The Hall–Kier alpha value is -2.02. The third-order valence-electron chi connectivity index (χ3n) is 9.16. The zero-order valence-electron chi connectivity index (χ0n) is 18.6. The smallest absolute Gasteiger partial charge is 0.303 e. The molecular formula is C24H30O7. The second kappa shape index (κ2) is 6.27. The molecule has 4 unspecified atom stereocenters. The predicted octanol–water partition coefficient (Wildman–Crippen LogP) is 2.41. The standard InChI is InChI=1S/C24H30O7/c1-11-14-6-7-15-23(9-14,21(11)31-13(3)26)20(28)18(30-12(2)25)19-22(4,5)17-8-16(27)24(15,19)10-29-17/h14-15,17-19,21H,1,6-10H2,2-5H3/t14?,15-,17?,18+,19-,21-,23?,24?/m1/s1. The zero-order valence-corrected chi connectivity index (χ0v) is 18.6. The number of esters is 2. The van der Waals surface area contributed by atoms with Crippen molar-refractivity contribution in [2.24, 2.45) is 34.0 Å². The Morgan fingerprint density at radius 3 is 2.35 bits per heavy atom. The fourth-order valence-corrected chi connectivity index (χ4v) is 8.12. The van der Waals surface area contributed by atoms with Gasteiger partial charge in [0, 0.05) is 26.2 Å². The molecule has 0 N–H and O–H groups in total. The summed E-state index contributed by atoms with van der Waals surface area (Å²) >= 11 is 0. The quantitative estimate of drug-likeness (QED) is 0.490. The summed E-state index contributed by atoms with van der Waals surface area (Å²) in [5.74, 6) is -1.93. The molecule has 2 aliphatic heterocycles. The van der Waals surface area contributed by atoms with E-state index in [2.05, 4.69) is 6.58 Å². The fourth-order valence-electron chi connectivity index (χ4n) is 8.12. The summed E-state index contributed by atoms with van der Waals surface area (Å²) in [6.45, 7) is 11.0. The molecule has 4 aliphatic carbocycles. The van der Waals surface area contributed by atoms with E-state index in [1.54, 1.807) is 0 Å². The molecule has 0 radical (unpaired) electrons. The third kappa shape index (κ3) is 2.33. The molecule has 2 heterocycles. The average molecular weight is 430 g/mol. The van der Waals surface area contributed by atoms with E-state index in [4.69, 9.17) is 14.2 Å². The molecule has 2 saturated heterocycles. The highest BCUT2D eigenvalue weighted by atomic mass is 16.6. The molecule has 0 amide bonds. The van der Waals surface area contributed by atoms with Crippen molar-refractivity contribution in [3.8, 4) is 0 Å². The first-order chi connectivity index (χ1) is 14.5. The highest BCUT2D eigenvalue weighted by molar-refractivity contribution is 5.99. The minimum Gasteiger partial charge on any atom is -0.457 e. The summed E-state index contributed by atoms with van der Waals surface area (Å²) < 4.78 is 17.7. The Labute approximate surface area is 181 Å². The van der Waals surface area contributed by atoms with Crippen LogP contribution in [0.5, 0.6) is 0 Å². The SMILES string of the molecule is C=C1C2CC[C@@H]3C(C2)(C(=O)[C@@H](OC(C)=O)[C@@H]2C(C)(C)C4CC(=O)C32CO4)[C@@H]1OC(C)=O. The maximum absolute atomic E-state index is 14.3. The van der Waals surface area contributed by atoms with Gasteiger partial charge in [0.2, 0.25) is 0 Å². The van der Waals surface area contributed by atoms with Crippen LogP contribution in [0.4, 0.5) is 0 Å². The molecule has 8 atom stereocenters. The first-order valence-corrected chi connectivity index (χ1v) is 11.2. The molecule has 2 spiro atoms. The van der Waals surface area contributed by atoms with E-state index in [0.717, 1.165) is 12.0 Å². The number of rotatable bonds is 2. The summed E-state index contributed by atoms with van der Waals surface area (Å²) in [6.07, 6.45) is 0.0231. The number of hydrogen-bond donors (Lipinski definition) is 0. The van der Waals surface area contributed by atoms with E-state index in [1.807, 2.05) is 13.8 Å². The van der Waals surface area contributed by atoms with Gasteiger partial charge in [-0.2, -0.15) is 0 Å². The van der Waals surface area contributed by atoms with Gasteiger partial charge in [0.15, 0.2) is 11.9 Å². The minimum atomic E-state index is -1.11. The predicted molar refractivity (Wildman–Crippen MR) is 108 cm³/mol. The van der Waals surface area contributed by atoms with Crippen LogP contribution >= 0.6 is 0 Å². The van der Waals surface area contributed by atoms with Gasteiger partial charge in [0.25, 0.3) is 0 Å². The van der Waals surface area contributed by atoms with Gasteiger partial charge in [-0.25, -0.2) is 0 Å². The normalized spacial score (nSPS) is 46.9. The molecule has 4 bridgehead atoms. The van der Waals surface area contributed by atoms with Gasteiger partial charge in [0.05, 0.1) is 23.5 Å². The second-order valence-corrected chi connectivity index (χ2v) is 10.8. The molecule has 6 aliphatic rings. The van der Waals surface area contributed by atoms with Gasteiger partial charge < -0.3 is 14.2 Å². The lowest BCUT2D eigenvalue weighted by Gasteiger charge is -2.68. The maximum Gasteiger partial charge on any atom is 0.303 e. The van der Waals surface area contributed by atoms with Crippen molar-refractivity contribution in [3.63, 3.8) is 0 Å². The molecule has 168 valence electrons. The summed E-state index contributed by atoms with van der Waals surface area (Å²) in [6, 6.07) is 0. The van der Waals surface area contributed by atoms with Gasteiger partial charge in [-0.3, -0.25) is 19.2 Å². The number of fused-ring (bicyclic) bond motifs is 3. The summed E-state index contributed by atoms with van der Waals surface area (Å²) in [5, 5.41) is 0. The van der Waals surface area contributed by atoms with Gasteiger partial charge in [-0.1, -0.05) is 20.4 Å². The number of ether oxygens (including phenoxy) is 3. The Kier molecular flexibility index (Phi) is 4.22. The lowest BCUT2D eigenvalue weighted by atomic mass is 9.37. The molecule has 0 aromatic carbocycles. The Morgan fingerprint density at radius 1 is 1.06 bits per heavy atom. The zero-order chi connectivity index (χ0) is 22.5. The number of hydrogen-bond acceptors (Lipinski definition) is 7. The fraction of sp³-hybridized carbons (Fsp3) is 0.750. The molecule has 7 nitrogen and oxygen atoms in total. The monoisotopic (exact) mass is 430 g/mol. The number of Topliss-reactive ketones (excluding diaryl/α,β-unsaturated/α-hetero) is 2. The lowest BCUT2D eigenvalue weighted by Crippen LogP contribution is -2.77. The third-order valence-corrected chi connectivity index (χ3v) is 9.16. The molecular weight excluding hydrogens is 400 g/mol. The van der Waals surface area contributed by atoms with Crippen molar-refractivity contribution >= 4 is 23.5 Å². The van der Waals surface area contributed by atoms with E-state index >= 15 is 0 Å². The molecule has 4 saturated carbocycles. The van der Waals surface area contributed by atoms with Crippen molar-refractivity contribution < 1.29 is 33.4 Å². The Morgan fingerprint density at radius 2 is 1.74 bits per heavy atom. The molecule has 7 heteroatoms. The molecule has 0 aromatic rings. The number of carbonyl (C=O) groups is 4. The summed E-state index contributed by atoms with van der Waals surface area (Å²) in [7, 11) is 0. The van der Waals surface area contributed by atoms with E-state index in [0.29, 0.717) is 19.3 Å². The maximum atomic E-state index is 14.3. The van der Waals surface area contributed by atoms with E-state index < -0.39 is 46.3 Å². The second-order valence-electron chi connectivity index (χ2n) is 10.8. The van der Waals surface area contributed by atoms with Crippen LogP contribution in [0.2, 0.25) is 0 Å². The van der Waals surface area contributed by atoms with Crippen LogP contribution in [-0.4, -0.2) is 48.4 Å². The van der Waals surface area contributed by atoms with Gasteiger partial charge >= 0.3 is 11.9 Å². The van der Waals surface area contributed by atoms with E-state index in [-0.39, 0.29) is 36.1 Å². The van der Waals surface area contributed by atoms with Crippen molar-refractivity contribution in [2.45, 2.75) is 71.7 Å². The van der Waals surface area contributed by atoms with Crippen molar-refractivity contribution in [2.75, 3.05) is 6.61 Å². The van der Waals surface area contributed by atoms with Gasteiger partial charge in [-0.15, -0.1) is 0 Å². The number of ketones is 2. The molecule has 31 heavy (non-hydrogen) atoms. The lowest BCUT2D eigenvalue weighted by molar-refractivity contribution is -0.277. The first-order valence-electron chi connectivity index (χ1n) is 11.2. The number of carbonyl (C=O) groups excluding carboxylic acids is 4. The van der Waals surface area contributed by atoms with Crippen molar-refractivity contribution in [1.82, 2.24) is 0 Å². The van der Waals surface area contributed by atoms with Crippen molar-refractivity contribution in [1.29, 1.82) is 0 Å². The highest BCUT2D eigenvalue weighted by Gasteiger charge is 2.80. The van der Waals surface area contributed by atoms with Crippen molar-refractivity contribution in [3.05, 3.63) is 12.2 Å². The topological polar surface area (TPSA) is 96.0 Å². The van der Waals surface area contributed by atoms with Crippen LogP contribution in [0, 0.1) is 34.0 Å². The summed E-state index contributed by atoms with van der Waals surface area (Å²) in [5.41, 5.74) is -1.84. The van der Waals surface area contributed by atoms with E-state index in [9.17, 15) is 19.2 Å². The van der Waals surface area contributed by atoms with Crippen LogP contribution in [-0.2, 0) is 33.4 Å². The van der Waals surface area contributed by atoms with Crippen LogP contribution < -0.4 is 0 Å². The molecule has 0 aromatic heterocycles. The highest BCUT2D eigenvalue weighted by Crippen LogP contribution is 2.72. The summed E-state index contributed by atoms with van der Waals surface area (Å²) in [4.78, 5) is 52.1. The Bertz CT molecular complexity index is 919. The van der Waals surface area contributed by atoms with E-state index in [1.165, 1.54) is 13.8 Å². The molecule has 6 fully saturated rings. The Balaban J connectivity index is 1.76. The molecule has 6 rings (SSSR count). The van der Waals surface area contributed by atoms with Gasteiger partial charge in [0.1, 0.15) is 11.9 Å². The van der Waals surface area contributed by atoms with Crippen LogP contribution in [0.1, 0.15) is 53.4 Å².